The van der Waals surface area contributed by atoms with Gasteiger partial charge in [-0.2, -0.15) is 0 Å². The Bertz CT molecular complexity index is 2730. The summed E-state index contributed by atoms with van der Waals surface area (Å²) < 4.78 is 12.0. The molecule has 0 saturated carbocycles. The Morgan fingerprint density at radius 1 is 0.409 bits per heavy atom. The predicted octanol–water partition coefficient (Wildman–Crippen LogP) is 12.9. The first-order valence-electron chi connectivity index (χ1n) is 14.8. The fourth-order valence-electron chi connectivity index (χ4n) is 6.89. The van der Waals surface area contributed by atoms with Crippen molar-refractivity contribution in [2.45, 2.75) is 0 Å². The minimum Gasteiger partial charge on any atom is -0.455 e. The molecule has 0 saturated heterocycles. The van der Waals surface area contributed by atoms with Gasteiger partial charge in [0.2, 0.25) is 0 Å². The van der Waals surface area contributed by atoms with E-state index in [1.165, 1.54) is 45.7 Å². The van der Waals surface area contributed by atoms with Crippen molar-refractivity contribution in [1.29, 1.82) is 0 Å². The van der Waals surface area contributed by atoms with Crippen LogP contribution in [0.3, 0.4) is 0 Å². The van der Waals surface area contributed by atoms with Gasteiger partial charge in [-0.25, -0.2) is 0 Å². The van der Waals surface area contributed by atoms with Gasteiger partial charge in [0, 0.05) is 67.9 Å². The molecule has 0 N–H and O–H groups in total. The minimum atomic E-state index is 0.956. The van der Waals surface area contributed by atoms with Crippen LogP contribution in [0.5, 0.6) is 0 Å². The number of furan rings is 1. The number of rotatable bonds is 3. The molecule has 0 fully saturated rings. The lowest BCUT2D eigenvalue weighted by Crippen LogP contribution is -2.10. The van der Waals surface area contributed by atoms with E-state index in [4.69, 9.17) is 4.42 Å². The second kappa shape index (κ2) is 9.17. The van der Waals surface area contributed by atoms with Gasteiger partial charge in [-0.15, -0.1) is 22.7 Å². The summed E-state index contributed by atoms with van der Waals surface area (Å²) in [6, 6.07) is 50.4. The van der Waals surface area contributed by atoms with Crippen LogP contribution in [0.15, 0.2) is 144 Å². The Kier molecular flexibility index (Phi) is 5.06. The zero-order valence-electron chi connectivity index (χ0n) is 23.5. The summed E-state index contributed by atoms with van der Waals surface area (Å²) in [6.07, 6.45) is 0. The summed E-state index contributed by atoms with van der Waals surface area (Å²) in [4.78, 5) is 2.41. The molecule has 0 amide bonds. The number of fused-ring (bicyclic) bond motifs is 12. The molecule has 0 unspecified atom stereocenters. The van der Waals surface area contributed by atoms with E-state index >= 15 is 0 Å². The second-order valence-corrected chi connectivity index (χ2v) is 13.5. The van der Waals surface area contributed by atoms with Crippen LogP contribution < -0.4 is 4.90 Å². The second-order valence-electron chi connectivity index (χ2n) is 11.3. The summed E-state index contributed by atoms with van der Waals surface area (Å²) in [5.74, 6) is 0. The van der Waals surface area contributed by atoms with Crippen molar-refractivity contribution in [3.05, 3.63) is 140 Å². The molecular weight excluding hydrogens is 575 g/mol. The van der Waals surface area contributed by atoms with Crippen LogP contribution >= 0.6 is 22.7 Å². The van der Waals surface area contributed by atoms with Gasteiger partial charge in [0.05, 0.1) is 5.69 Å². The van der Waals surface area contributed by atoms with Crippen molar-refractivity contribution < 1.29 is 4.42 Å². The third kappa shape index (κ3) is 3.41. The molecular formula is C40H23NOS2. The van der Waals surface area contributed by atoms with E-state index in [-0.39, 0.29) is 0 Å². The lowest BCUT2D eigenvalue weighted by Gasteiger charge is -2.26. The van der Waals surface area contributed by atoms with Gasteiger partial charge in [-0.05, 0) is 66.0 Å². The van der Waals surface area contributed by atoms with Crippen LogP contribution in [0.2, 0.25) is 0 Å². The first-order chi connectivity index (χ1) is 21.8. The molecule has 0 radical (unpaired) electrons. The van der Waals surface area contributed by atoms with Crippen molar-refractivity contribution >= 4 is 113 Å². The first-order valence-corrected chi connectivity index (χ1v) is 16.4. The zero-order valence-corrected chi connectivity index (χ0v) is 25.1. The standard InChI is InChI=1S/C40H23NOS2/c1-2-10-25(11-3-1)41(26-18-20-29-28-13-6-7-15-33(28)43-36(29)23-26)32-14-8-16-34-37(32)38-35(44-34)22-21-31-30-19-17-24-9-4-5-12-27(24)39(30)42-40(31)38/h1-23H. The molecule has 7 aromatic carbocycles. The molecule has 0 spiro atoms. The SMILES string of the molecule is c1ccc(N(c2ccc3c(c2)sc2ccccc23)c2cccc3sc4ccc5c6ccc7ccccc7c6oc5c4c23)cc1. The number of thiophene rings is 2. The molecule has 10 rings (SSSR count). The molecule has 206 valence electrons. The smallest absolute Gasteiger partial charge is 0.144 e. The molecule has 3 heterocycles. The Morgan fingerprint density at radius 2 is 1.09 bits per heavy atom. The van der Waals surface area contributed by atoms with Crippen molar-refractivity contribution in [3.8, 4) is 0 Å². The highest BCUT2D eigenvalue weighted by atomic mass is 32.1. The van der Waals surface area contributed by atoms with Crippen molar-refractivity contribution in [1.82, 2.24) is 0 Å². The molecule has 0 atom stereocenters. The van der Waals surface area contributed by atoms with Crippen LogP contribution in [-0.2, 0) is 0 Å². The maximum absolute atomic E-state index is 6.87. The van der Waals surface area contributed by atoms with Crippen LogP contribution in [-0.4, -0.2) is 0 Å². The Morgan fingerprint density at radius 3 is 2.02 bits per heavy atom. The lowest BCUT2D eigenvalue weighted by molar-refractivity contribution is 0.677. The third-order valence-electron chi connectivity index (χ3n) is 8.84. The Balaban J connectivity index is 1.30. The van der Waals surface area contributed by atoms with E-state index in [9.17, 15) is 0 Å². The summed E-state index contributed by atoms with van der Waals surface area (Å²) in [6.45, 7) is 0. The van der Waals surface area contributed by atoms with Crippen LogP contribution in [0.4, 0.5) is 17.1 Å². The third-order valence-corrected chi connectivity index (χ3v) is 11.1. The highest BCUT2D eigenvalue weighted by Crippen LogP contribution is 2.49. The molecule has 0 bridgehead atoms. The maximum atomic E-state index is 6.87. The van der Waals surface area contributed by atoms with Gasteiger partial charge in [0.15, 0.2) is 0 Å². The van der Waals surface area contributed by atoms with E-state index in [0.29, 0.717) is 0 Å². The zero-order chi connectivity index (χ0) is 28.8. The normalized spacial score (nSPS) is 12.1. The lowest BCUT2D eigenvalue weighted by atomic mass is 10.0. The Labute approximate surface area is 260 Å². The van der Waals surface area contributed by atoms with Crippen molar-refractivity contribution in [2.24, 2.45) is 0 Å². The predicted molar refractivity (Wildman–Crippen MR) is 192 cm³/mol. The fraction of sp³-hybridized carbons (Fsp3) is 0. The van der Waals surface area contributed by atoms with Crippen LogP contribution in [0, 0.1) is 0 Å². The maximum Gasteiger partial charge on any atom is 0.144 e. The van der Waals surface area contributed by atoms with Gasteiger partial charge >= 0.3 is 0 Å². The molecule has 44 heavy (non-hydrogen) atoms. The van der Waals surface area contributed by atoms with Crippen molar-refractivity contribution in [3.63, 3.8) is 0 Å². The first kappa shape index (κ1) is 24.3. The summed E-state index contributed by atoms with van der Waals surface area (Å²) in [7, 11) is 0. The average molecular weight is 598 g/mol. The van der Waals surface area contributed by atoms with Crippen molar-refractivity contribution in [2.75, 3.05) is 4.90 Å². The molecule has 10 aromatic rings. The number of hydrogen-bond acceptors (Lipinski definition) is 4. The van der Waals surface area contributed by atoms with E-state index in [0.717, 1.165) is 44.4 Å². The Hall–Kier alpha value is -5.16. The molecule has 2 nitrogen and oxygen atoms in total. The summed E-state index contributed by atoms with van der Waals surface area (Å²) in [5.41, 5.74) is 5.34. The van der Waals surface area contributed by atoms with E-state index in [1.807, 2.05) is 22.7 Å². The largest absolute Gasteiger partial charge is 0.455 e. The molecule has 4 heteroatoms. The molecule has 0 aliphatic carbocycles. The van der Waals surface area contributed by atoms with Crippen LogP contribution in [0.25, 0.3) is 73.1 Å². The summed E-state index contributed by atoms with van der Waals surface area (Å²) in [5, 5.41) is 9.69. The van der Waals surface area contributed by atoms with E-state index < -0.39 is 0 Å². The van der Waals surface area contributed by atoms with Crippen LogP contribution in [0.1, 0.15) is 0 Å². The molecule has 0 aliphatic heterocycles. The monoisotopic (exact) mass is 597 g/mol. The van der Waals surface area contributed by atoms with Gasteiger partial charge in [-0.1, -0.05) is 78.9 Å². The quantitative estimate of drug-likeness (QED) is 0.201. The number of para-hydroxylation sites is 1. The molecule has 3 aromatic heterocycles. The highest BCUT2D eigenvalue weighted by Gasteiger charge is 2.22. The average Bonchev–Trinajstić information content (AvgIpc) is 3.76. The highest BCUT2D eigenvalue weighted by molar-refractivity contribution is 7.26. The number of anilines is 3. The van der Waals surface area contributed by atoms with E-state index in [2.05, 4.69) is 144 Å². The van der Waals surface area contributed by atoms with Gasteiger partial charge in [-0.3, -0.25) is 0 Å². The summed E-state index contributed by atoms with van der Waals surface area (Å²) >= 11 is 3.69. The number of nitrogens with zero attached hydrogens (tertiary/aromatic N) is 1. The number of benzene rings is 7. The van der Waals surface area contributed by atoms with Gasteiger partial charge < -0.3 is 9.32 Å². The van der Waals surface area contributed by atoms with Gasteiger partial charge in [0.1, 0.15) is 11.2 Å². The van der Waals surface area contributed by atoms with Gasteiger partial charge in [0.25, 0.3) is 0 Å². The topological polar surface area (TPSA) is 16.4 Å². The van der Waals surface area contributed by atoms with E-state index in [1.54, 1.807) is 0 Å². The molecule has 0 aliphatic rings. The number of hydrogen-bond donors (Lipinski definition) is 0. The fourth-order valence-corrected chi connectivity index (χ4v) is 9.15. The minimum absolute atomic E-state index is 0.956.